The van der Waals surface area contributed by atoms with E-state index in [1.54, 1.807) is 12.0 Å². The Labute approximate surface area is 97.5 Å². The molecule has 1 unspecified atom stereocenters. The van der Waals surface area contributed by atoms with Gasteiger partial charge in [0, 0.05) is 33.8 Å². The van der Waals surface area contributed by atoms with E-state index in [1.165, 1.54) is 0 Å². The second-order valence-electron chi connectivity index (χ2n) is 4.34. The molecule has 2 N–H and O–H groups in total. The molecule has 5 nitrogen and oxygen atoms in total. The van der Waals surface area contributed by atoms with E-state index < -0.39 is 0 Å². The van der Waals surface area contributed by atoms with Crippen LogP contribution in [0.4, 0.5) is 0 Å². The molecule has 1 fully saturated rings. The third-order valence-electron chi connectivity index (χ3n) is 3.04. The van der Waals surface area contributed by atoms with E-state index in [9.17, 15) is 4.79 Å². The summed E-state index contributed by atoms with van der Waals surface area (Å²) >= 11 is 0. The zero-order valence-electron chi connectivity index (χ0n) is 10.3. The van der Waals surface area contributed by atoms with Crippen molar-refractivity contribution < 1.29 is 9.53 Å². The Morgan fingerprint density at radius 1 is 1.62 bits per heavy atom. The van der Waals surface area contributed by atoms with E-state index in [4.69, 9.17) is 10.5 Å². The fourth-order valence-electron chi connectivity index (χ4n) is 1.90. The van der Waals surface area contributed by atoms with Gasteiger partial charge in [-0.3, -0.25) is 9.69 Å². The van der Waals surface area contributed by atoms with Crippen LogP contribution in [0.15, 0.2) is 0 Å². The molecule has 5 heteroatoms. The monoisotopic (exact) mass is 229 g/mol. The quantitative estimate of drug-likeness (QED) is 0.668. The zero-order chi connectivity index (χ0) is 12.0. The fourth-order valence-corrected chi connectivity index (χ4v) is 1.90. The standard InChI is InChI=1S/C11H23N3O2/c1-13(6-3-5-12)11(15)9-14-7-4-10(8-14)16-2/h10H,3-9,12H2,1-2H3. The molecule has 0 spiro atoms. The van der Waals surface area contributed by atoms with E-state index in [0.717, 1.165) is 32.5 Å². The first-order chi connectivity index (χ1) is 7.67. The molecule has 0 aromatic carbocycles. The minimum Gasteiger partial charge on any atom is -0.380 e. The van der Waals surface area contributed by atoms with Crippen molar-refractivity contribution >= 4 is 5.91 Å². The number of ether oxygens (including phenoxy) is 1. The van der Waals surface area contributed by atoms with Gasteiger partial charge in [-0.2, -0.15) is 0 Å². The Balaban J connectivity index is 2.23. The average molecular weight is 229 g/mol. The summed E-state index contributed by atoms with van der Waals surface area (Å²) in [5.41, 5.74) is 5.41. The number of methoxy groups -OCH3 is 1. The molecule has 0 saturated carbocycles. The van der Waals surface area contributed by atoms with Crippen LogP contribution in [-0.4, -0.2) is 68.7 Å². The maximum absolute atomic E-state index is 11.8. The van der Waals surface area contributed by atoms with Crippen molar-refractivity contribution in [2.45, 2.75) is 18.9 Å². The van der Waals surface area contributed by atoms with Crippen LogP contribution in [0.1, 0.15) is 12.8 Å². The summed E-state index contributed by atoms with van der Waals surface area (Å²) in [7, 11) is 3.56. The van der Waals surface area contributed by atoms with Crippen LogP contribution in [0.3, 0.4) is 0 Å². The van der Waals surface area contributed by atoms with E-state index in [-0.39, 0.29) is 5.91 Å². The molecule has 94 valence electrons. The van der Waals surface area contributed by atoms with Crippen molar-refractivity contribution in [2.24, 2.45) is 5.73 Å². The lowest BCUT2D eigenvalue weighted by Gasteiger charge is -2.21. The van der Waals surface area contributed by atoms with Crippen LogP contribution in [0, 0.1) is 0 Å². The van der Waals surface area contributed by atoms with Crippen LogP contribution in [-0.2, 0) is 9.53 Å². The van der Waals surface area contributed by atoms with Gasteiger partial charge in [-0.05, 0) is 19.4 Å². The molecule has 0 aliphatic carbocycles. The number of nitrogens with two attached hydrogens (primary N) is 1. The number of carbonyl (C=O) groups is 1. The summed E-state index contributed by atoms with van der Waals surface area (Å²) < 4.78 is 5.27. The fraction of sp³-hybridized carbons (Fsp3) is 0.909. The van der Waals surface area contributed by atoms with Gasteiger partial charge in [0.2, 0.25) is 5.91 Å². The van der Waals surface area contributed by atoms with E-state index in [0.29, 0.717) is 19.2 Å². The first kappa shape index (κ1) is 13.4. The van der Waals surface area contributed by atoms with Crippen molar-refractivity contribution in [3.05, 3.63) is 0 Å². The van der Waals surface area contributed by atoms with E-state index in [2.05, 4.69) is 4.90 Å². The number of likely N-dealkylation sites (tertiary alicyclic amines) is 1. The van der Waals surface area contributed by atoms with Gasteiger partial charge in [-0.25, -0.2) is 0 Å². The van der Waals surface area contributed by atoms with Gasteiger partial charge in [0.25, 0.3) is 0 Å². The Morgan fingerprint density at radius 2 is 2.38 bits per heavy atom. The molecule has 1 saturated heterocycles. The predicted molar refractivity (Wildman–Crippen MR) is 63.2 cm³/mol. The summed E-state index contributed by atoms with van der Waals surface area (Å²) in [6, 6.07) is 0. The van der Waals surface area contributed by atoms with Crippen LogP contribution in [0.25, 0.3) is 0 Å². The van der Waals surface area contributed by atoms with Gasteiger partial charge in [0.05, 0.1) is 12.6 Å². The second-order valence-corrected chi connectivity index (χ2v) is 4.34. The van der Waals surface area contributed by atoms with Crippen LogP contribution in [0.2, 0.25) is 0 Å². The molecular formula is C11H23N3O2. The Hall–Kier alpha value is -0.650. The summed E-state index contributed by atoms with van der Waals surface area (Å²) in [6.07, 6.45) is 2.18. The lowest BCUT2D eigenvalue weighted by molar-refractivity contribution is -0.131. The lowest BCUT2D eigenvalue weighted by Crippen LogP contribution is -2.38. The third kappa shape index (κ3) is 4.08. The molecule has 1 aliphatic heterocycles. The minimum atomic E-state index is 0.171. The first-order valence-electron chi connectivity index (χ1n) is 5.86. The lowest BCUT2D eigenvalue weighted by atomic mass is 10.3. The number of nitrogens with zero attached hydrogens (tertiary/aromatic N) is 2. The van der Waals surface area contributed by atoms with Crippen LogP contribution in [0.5, 0.6) is 0 Å². The van der Waals surface area contributed by atoms with E-state index >= 15 is 0 Å². The normalized spacial score (nSPS) is 21.3. The van der Waals surface area contributed by atoms with E-state index in [1.807, 2.05) is 7.05 Å². The van der Waals surface area contributed by atoms with Crippen LogP contribution >= 0.6 is 0 Å². The third-order valence-corrected chi connectivity index (χ3v) is 3.04. The molecule has 0 aromatic heterocycles. The number of carbonyl (C=O) groups excluding carboxylic acids is 1. The molecule has 1 aliphatic rings. The highest BCUT2D eigenvalue weighted by molar-refractivity contribution is 5.78. The number of hydrogen-bond donors (Lipinski definition) is 1. The second kappa shape index (κ2) is 6.83. The van der Waals surface area contributed by atoms with Gasteiger partial charge in [0.1, 0.15) is 0 Å². The van der Waals surface area contributed by atoms with Crippen molar-refractivity contribution in [2.75, 3.05) is 46.9 Å². The van der Waals surface area contributed by atoms with Crippen molar-refractivity contribution in [3.63, 3.8) is 0 Å². The van der Waals surface area contributed by atoms with Gasteiger partial charge >= 0.3 is 0 Å². The maximum Gasteiger partial charge on any atom is 0.236 e. The molecule has 1 atom stereocenters. The molecule has 1 amide bonds. The molecule has 0 bridgehead atoms. The number of likely N-dealkylation sites (N-methyl/N-ethyl adjacent to an activating group) is 1. The molecular weight excluding hydrogens is 206 g/mol. The largest absolute Gasteiger partial charge is 0.380 e. The van der Waals surface area contributed by atoms with Gasteiger partial charge < -0.3 is 15.4 Å². The summed E-state index contributed by atoms with van der Waals surface area (Å²) in [5.74, 6) is 0.171. The average Bonchev–Trinajstić information content (AvgIpc) is 2.73. The number of amides is 1. The van der Waals surface area contributed by atoms with Gasteiger partial charge in [-0.15, -0.1) is 0 Å². The van der Waals surface area contributed by atoms with Gasteiger partial charge in [0.15, 0.2) is 0 Å². The highest BCUT2D eigenvalue weighted by Crippen LogP contribution is 2.11. The zero-order valence-corrected chi connectivity index (χ0v) is 10.3. The maximum atomic E-state index is 11.8. The first-order valence-corrected chi connectivity index (χ1v) is 5.86. The van der Waals surface area contributed by atoms with Crippen LogP contribution < -0.4 is 5.73 Å². The topological polar surface area (TPSA) is 58.8 Å². The summed E-state index contributed by atoms with van der Waals surface area (Å²) in [6.45, 7) is 3.70. The van der Waals surface area contributed by atoms with Crippen molar-refractivity contribution in [1.82, 2.24) is 9.80 Å². The molecule has 16 heavy (non-hydrogen) atoms. The molecule has 1 rings (SSSR count). The number of hydrogen-bond acceptors (Lipinski definition) is 4. The minimum absolute atomic E-state index is 0.171. The molecule has 0 radical (unpaired) electrons. The highest BCUT2D eigenvalue weighted by Gasteiger charge is 2.24. The summed E-state index contributed by atoms with van der Waals surface area (Å²) in [4.78, 5) is 15.7. The summed E-state index contributed by atoms with van der Waals surface area (Å²) in [5, 5.41) is 0. The highest BCUT2D eigenvalue weighted by atomic mass is 16.5. The predicted octanol–water partition coefficient (Wildman–Crippen LogP) is -0.486. The van der Waals surface area contributed by atoms with Crippen molar-refractivity contribution in [1.29, 1.82) is 0 Å². The Morgan fingerprint density at radius 3 is 2.94 bits per heavy atom. The molecule has 0 aromatic rings. The Bertz CT molecular complexity index is 223. The van der Waals surface area contributed by atoms with Crippen molar-refractivity contribution in [3.8, 4) is 0 Å². The number of rotatable bonds is 6. The molecule has 1 heterocycles. The van der Waals surface area contributed by atoms with Gasteiger partial charge in [-0.1, -0.05) is 0 Å². The SMILES string of the molecule is COC1CCN(CC(=O)N(C)CCCN)C1. The Kier molecular flexibility index (Phi) is 5.73. The smallest absolute Gasteiger partial charge is 0.236 e.